The van der Waals surface area contributed by atoms with E-state index >= 15 is 0 Å². The Morgan fingerprint density at radius 3 is 2.64 bits per heavy atom. The molecule has 120 valence electrons. The Hall–Kier alpha value is -1.41. The maximum absolute atomic E-state index is 11.7. The van der Waals surface area contributed by atoms with Crippen molar-refractivity contribution >= 4 is 13.1 Å². The zero-order chi connectivity index (χ0) is 16.2. The van der Waals surface area contributed by atoms with E-state index in [-0.39, 0.29) is 12.4 Å². The maximum Gasteiger partial charge on any atom is 0.451 e. The van der Waals surface area contributed by atoms with Crippen LogP contribution in [0.2, 0.25) is 6.32 Å². The third-order valence-corrected chi connectivity index (χ3v) is 4.40. The first-order valence-electron chi connectivity index (χ1n) is 7.62. The highest BCUT2D eigenvalue weighted by Crippen LogP contribution is 2.25. The van der Waals surface area contributed by atoms with Gasteiger partial charge in [0.05, 0.1) is 0 Å². The van der Waals surface area contributed by atoms with Crippen LogP contribution in [0.15, 0.2) is 24.3 Å². The van der Waals surface area contributed by atoms with Crippen molar-refractivity contribution in [3.8, 4) is 0 Å². The molecular weight excluding hydrogens is 283 g/mol. The molecule has 2 atom stereocenters. The zero-order valence-corrected chi connectivity index (χ0v) is 12.5. The van der Waals surface area contributed by atoms with Crippen molar-refractivity contribution in [1.29, 1.82) is 0 Å². The molecule has 0 fully saturated rings. The van der Waals surface area contributed by atoms with Gasteiger partial charge in [-0.2, -0.15) is 0 Å². The van der Waals surface area contributed by atoms with Gasteiger partial charge in [-0.15, -0.1) is 0 Å². The van der Waals surface area contributed by atoms with Crippen LogP contribution >= 0.6 is 0 Å². The summed E-state index contributed by atoms with van der Waals surface area (Å²) in [6.45, 7) is 0.614. The molecule has 0 radical (unpaired) electrons. The van der Waals surface area contributed by atoms with Crippen molar-refractivity contribution in [2.24, 2.45) is 5.73 Å². The molecule has 1 aromatic rings. The minimum absolute atomic E-state index is 0.233. The number of rotatable bonds is 7. The first-order valence-corrected chi connectivity index (χ1v) is 7.62. The monoisotopic (exact) mass is 306 g/mol. The largest absolute Gasteiger partial charge is 0.480 e. The molecule has 0 spiro atoms. The fourth-order valence-electron chi connectivity index (χ4n) is 2.99. The maximum atomic E-state index is 11.7. The summed E-state index contributed by atoms with van der Waals surface area (Å²) < 4.78 is 0. The van der Waals surface area contributed by atoms with Crippen LogP contribution < -0.4 is 11.1 Å². The Morgan fingerprint density at radius 2 is 2.00 bits per heavy atom. The average molecular weight is 306 g/mol. The van der Waals surface area contributed by atoms with Gasteiger partial charge in [0.1, 0.15) is 5.54 Å². The number of benzene rings is 1. The van der Waals surface area contributed by atoms with Gasteiger partial charge in [-0.1, -0.05) is 37.1 Å². The Labute approximate surface area is 130 Å². The molecule has 2 unspecified atom stereocenters. The number of unbranched alkanes of at least 4 members (excludes halogenated alkanes) is 1. The second-order valence-corrected chi connectivity index (χ2v) is 5.98. The van der Waals surface area contributed by atoms with Gasteiger partial charge in [-0.05, 0) is 30.3 Å². The van der Waals surface area contributed by atoms with Crippen LogP contribution in [0.5, 0.6) is 0 Å². The van der Waals surface area contributed by atoms with E-state index in [2.05, 4.69) is 5.32 Å². The predicted octanol–water partition coefficient (Wildman–Crippen LogP) is 0.126. The van der Waals surface area contributed by atoms with Gasteiger partial charge in [0.25, 0.3) is 0 Å². The Morgan fingerprint density at radius 1 is 1.32 bits per heavy atom. The summed E-state index contributed by atoms with van der Waals surface area (Å²) in [4.78, 5) is 11.7. The number of fused-ring (bicyclic) bond motifs is 1. The lowest BCUT2D eigenvalue weighted by Crippen LogP contribution is -2.64. The predicted molar refractivity (Wildman–Crippen MR) is 84.2 cm³/mol. The Kier molecular flexibility index (Phi) is 5.58. The third kappa shape index (κ3) is 3.86. The van der Waals surface area contributed by atoms with Crippen LogP contribution in [0.3, 0.4) is 0 Å². The number of carboxylic acids is 1. The SMILES string of the molecule is NC(CCCCB(O)O)(C(=O)O)C1Cc2ccccc2CN1. The number of nitrogens with two attached hydrogens (primary N) is 1. The van der Waals surface area contributed by atoms with Crippen LogP contribution in [-0.2, 0) is 17.8 Å². The fraction of sp³-hybridized carbons (Fsp3) is 0.533. The quantitative estimate of drug-likeness (QED) is 0.361. The minimum Gasteiger partial charge on any atom is -0.480 e. The van der Waals surface area contributed by atoms with E-state index < -0.39 is 18.6 Å². The topological polar surface area (TPSA) is 116 Å². The molecule has 7 heteroatoms. The van der Waals surface area contributed by atoms with Crippen molar-refractivity contribution in [1.82, 2.24) is 5.32 Å². The molecule has 0 bridgehead atoms. The van der Waals surface area contributed by atoms with Gasteiger partial charge >= 0.3 is 13.1 Å². The highest BCUT2D eigenvalue weighted by atomic mass is 16.4. The summed E-state index contributed by atoms with van der Waals surface area (Å²) in [6, 6.07) is 7.61. The number of hydrogen-bond acceptors (Lipinski definition) is 5. The molecule has 1 aromatic carbocycles. The Bertz CT molecular complexity index is 526. The van der Waals surface area contributed by atoms with E-state index in [1.165, 1.54) is 5.56 Å². The highest BCUT2D eigenvalue weighted by Gasteiger charge is 2.43. The second kappa shape index (κ2) is 7.24. The van der Waals surface area contributed by atoms with Gasteiger partial charge in [-0.25, -0.2) is 0 Å². The van der Waals surface area contributed by atoms with E-state index in [9.17, 15) is 9.90 Å². The average Bonchev–Trinajstić information content (AvgIpc) is 2.50. The molecule has 0 amide bonds. The molecule has 0 aromatic heterocycles. The van der Waals surface area contributed by atoms with Crippen molar-refractivity contribution in [3.05, 3.63) is 35.4 Å². The van der Waals surface area contributed by atoms with Crippen molar-refractivity contribution in [2.75, 3.05) is 0 Å². The van der Waals surface area contributed by atoms with Gasteiger partial charge in [0.2, 0.25) is 0 Å². The molecule has 0 aliphatic carbocycles. The molecule has 2 rings (SSSR count). The van der Waals surface area contributed by atoms with Gasteiger partial charge in [0.15, 0.2) is 0 Å². The molecule has 22 heavy (non-hydrogen) atoms. The smallest absolute Gasteiger partial charge is 0.451 e. The van der Waals surface area contributed by atoms with Crippen LogP contribution in [0, 0.1) is 0 Å². The second-order valence-electron chi connectivity index (χ2n) is 5.98. The molecule has 6 N–H and O–H groups in total. The lowest BCUT2D eigenvalue weighted by Gasteiger charge is -2.38. The number of carboxylic acid groups (broad SMARTS) is 1. The summed E-state index contributed by atoms with van der Waals surface area (Å²) >= 11 is 0. The van der Waals surface area contributed by atoms with Gasteiger partial charge in [-0.3, -0.25) is 4.79 Å². The Balaban J connectivity index is 2.03. The molecular formula is C15H23BN2O4. The zero-order valence-electron chi connectivity index (χ0n) is 12.5. The standard InChI is InChI=1S/C15H23BN2O4/c17-15(14(19)20,7-3-4-8-16(21)22)13-9-11-5-1-2-6-12(11)10-18-13/h1-2,5-6,13,18,21-22H,3-4,7-10,17H2,(H,19,20). The van der Waals surface area contributed by atoms with Crippen molar-refractivity contribution < 1.29 is 19.9 Å². The van der Waals surface area contributed by atoms with Crippen LogP contribution in [-0.4, -0.2) is 39.8 Å². The summed E-state index contributed by atoms with van der Waals surface area (Å²) in [5.74, 6) is -1.02. The normalized spacial score (nSPS) is 20.0. The number of nitrogens with one attached hydrogen (secondary N) is 1. The number of carbonyl (C=O) groups is 1. The van der Waals surface area contributed by atoms with E-state index in [4.69, 9.17) is 15.8 Å². The number of hydrogen-bond donors (Lipinski definition) is 5. The van der Waals surface area contributed by atoms with Crippen LogP contribution in [0.4, 0.5) is 0 Å². The summed E-state index contributed by atoms with van der Waals surface area (Å²) in [5, 5.41) is 30.5. The van der Waals surface area contributed by atoms with Crippen molar-refractivity contribution in [2.45, 2.75) is 50.1 Å². The lowest BCUT2D eigenvalue weighted by atomic mass is 9.77. The molecule has 1 heterocycles. The summed E-state index contributed by atoms with van der Waals surface area (Å²) in [7, 11) is -1.35. The lowest BCUT2D eigenvalue weighted by molar-refractivity contribution is -0.145. The molecule has 0 saturated heterocycles. The summed E-state index contributed by atoms with van der Waals surface area (Å²) in [6.07, 6.45) is 2.20. The highest BCUT2D eigenvalue weighted by molar-refractivity contribution is 6.40. The number of aliphatic carboxylic acids is 1. The first-order chi connectivity index (χ1) is 10.4. The van der Waals surface area contributed by atoms with Crippen LogP contribution in [0.25, 0.3) is 0 Å². The summed E-state index contributed by atoms with van der Waals surface area (Å²) in [5.41, 5.74) is 7.16. The van der Waals surface area contributed by atoms with E-state index in [1.54, 1.807) is 0 Å². The van der Waals surface area contributed by atoms with E-state index in [1.807, 2.05) is 24.3 Å². The molecule has 1 aliphatic heterocycles. The molecule has 0 saturated carbocycles. The van der Waals surface area contributed by atoms with E-state index in [0.29, 0.717) is 32.2 Å². The third-order valence-electron chi connectivity index (χ3n) is 4.40. The van der Waals surface area contributed by atoms with E-state index in [0.717, 1.165) is 5.56 Å². The van der Waals surface area contributed by atoms with Crippen molar-refractivity contribution in [3.63, 3.8) is 0 Å². The van der Waals surface area contributed by atoms with Gasteiger partial charge < -0.3 is 26.2 Å². The molecule has 6 nitrogen and oxygen atoms in total. The fourth-order valence-corrected chi connectivity index (χ4v) is 2.99. The first kappa shape index (κ1) is 17.0. The molecule has 1 aliphatic rings. The van der Waals surface area contributed by atoms with Crippen LogP contribution in [0.1, 0.15) is 30.4 Å². The minimum atomic E-state index is -1.35. The van der Waals surface area contributed by atoms with Gasteiger partial charge in [0, 0.05) is 12.6 Å².